The van der Waals surface area contributed by atoms with Crippen molar-refractivity contribution in [3.63, 3.8) is 0 Å². The Morgan fingerprint density at radius 1 is 0.688 bits per heavy atom. The first-order chi connectivity index (χ1) is 14.9. The molecule has 2 N–H and O–H groups in total. The molecule has 168 valence electrons. The van der Waals surface area contributed by atoms with Crippen molar-refractivity contribution in [3.05, 3.63) is 95.6 Å². The molecule has 0 bridgehead atoms. The third kappa shape index (κ3) is 7.04. The molecular formula is C24H26NO6S+. The summed E-state index contributed by atoms with van der Waals surface area (Å²) >= 11 is 0. The van der Waals surface area contributed by atoms with E-state index in [-0.39, 0.29) is 20.9 Å². The van der Waals surface area contributed by atoms with Gasteiger partial charge in [-0.15, -0.1) is 0 Å². The molecule has 0 unspecified atom stereocenters. The molecule has 0 aromatic heterocycles. The standard InChI is InChI=1S/C14H10O6S.C10H16N/c15-13(16)9-1-5-11(6-2-9)21(19,20)12-7-3-10(4-8-12)14(17)18;1-11(2,3)9-10-7-5-4-6-8-10/h1-8H,(H,15,16)(H,17,18);4-8H,9H2,1-3H3/q;+1. The van der Waals surface area contributed by atoms with Crippen LogP contribution in [0.5, 0.6) is 0 Å². The second-order valence-electron chi connectivity index (χ2n) is 8.10. The van der Waals surface area contributed by atoms with Gasteiger partial charge in [-0.2, -0.15) is 0 Å². The fourth-order valence-corrected chi connectivity index (χ4v) is 4.08. The smallest absolute Gasteiger partial charge is 0.335 e. The molecule has 0 aliphatic rings. The van der Waals surface area contributed by atoms with Gasteiger partial charge in [-0.05, 0) is 48.5 Å². The summed E-state index contributed by atoms with van der Waals surface area (Å²) in [5, 5.41) is 17.5. The summed E-state index contributed by atoms with van der Waals surface area (Å²) in [6.07, 6.45) is 0. The molecule has 0 heterocycles. The van der Waals surface area contributed by atoms with E-state index >= 15 is 0 Å². The number of aromatic carboxylic acids is 2. The average molecular weight is 457 g/mol. The van der Waals surface area contributed by atoms with E-state index in [4.69, 9.17) is 10.2 Å². The van der Waals surface area contributed by atoms with Crippen molar-refractivity contribution in [3.8, 4) is 0 Å². The Morgan fingerprint density at radius 3 is 1.38 bits per heavy atom. The Kier molecular flexibility index (Phi) is 7.91. The Morgan fingerprint density at radius 2 is 1.06 bits per heavy atom. The van der Waals surface area contributed by atoms with Crippen LogP contribution >= 0.6 is 0 Å². The largest absolute Gasteiger partial charge is 0.478 e. The molecule has 0 saturated carbocycles. The highest BCUT2D eigenvalue weighted by atomic mass is 32.2. The average Bonchev–Trinajstić information content (AvgIpc) is 2.74. The number of sulfone groups is 1. The fraction of sp³-hybridized carbons (Fsp3) is 0.167. The first kappa shape index (κ1) is 24.8. The van der Waals surface area contributed by atoms with E-state index in [0.717, 1.165) is 11.0 Å². The molecule has 0 aliphatic heterocycles. The van der Waals surface area contributed by atoms with Crippen molar-refractivity contribution in [2.45, 2.75) is 16.3 Å². The number of rotatable bonds is 6. The van der Waals surface area contributed by atoms with E-state index in [2.05, 4.69) is 51.5 Å². The number of hydrogen-bond acceptors (Lipinski definition) is 4. The maximum absolute atomic E-state index is 12.3. The summed E-state index contributed by atoms with van der Waals surface area (Å²) in [6, 6.07) is 20.1. The van der Waals surface area contributed by atoms with Gasteiger partial charge < -0.3 is 14.7 Å². The van der Waals surface area contributed by atoms with Gasteiger partial charge in [0.15, 0.2) is 0 Å². The second-order valence-corrected chi connectivity index (χ2v) is 10.0. The predicted octanol–water partition coefficient (Wildman–Crippen LogP) is 3.81. The topological polar surface area (TPSA) is 109 Å². The van der Waals surface area contributed by atoms with Gasteiger partial charge in [0, 0.05) is 5.56 Å². The van der Waals surface area contributed by atoms with E-state index in [1.54, 1.807) is 0 Å². The van der Waals surface area contributed by atoms with Crippen LogP contribution in [-0.4, -0.2) is 56.2 Å². The lowest BCUT2D eigenvalue weighted by atomic mass is 10.2. The molecular weight excluding hydrogens is 430 g/mol. The van der Waals surface area contributed by atoms with Crippen molar-refractivity contribution in [1.29, 1.82) is 0 Å². The predicted molar refractivity (Wildman–Crippen MR) is 120 cm³/mol. The Bertz CT molecular complexity index is 1100. The van der Waals surface area contributed by atoms with Gasteiger partial charge in [0.2, 0.25) is 9.84 Å². The van der Waals surface area contributed by atoms with E-state index < -0.39 is 21.8 Å². The van der Waals surface area contributed by atoms with Crippen LogP contribution in [-0.2, 0) is 16.4 Å². The summed E-state index contributed by atoms with van der Waals surface area (Å²) in [5.41, 5.74) is 1.37. The van der Waals surface area contributed by atoms with Crippen LogP contribution in [0.25, 0.3) is 0 Å². The van der Waals surface area contributed by atoms with Crippen LogP contribution in [0.1, 0.15) is 26.3 Å². The lowest BCUT2D eigenvalue weighted by Gasteiger charge is -2.23. The molecule has 7 nitrogen and oxygen atoms in total. The van der Waals surface area contributed by atoms with Gasteiger partial charge in [0.05, 0.1) is 42.1 Å². The van der Waals surface area contributed by atoms with Gasteiger partial charge in [0.25, 0.3) is 0 Å². The van der Waals surface area contributed by atoms with Gasteiger partial charge >= 0.3 is 11.9 Å². The summed E-state index contributed by atoms with van der Waals surface area (Å²) < 4.78 is 25.6. The monoisotopic (exact) mass is 456 g/mol. The van der Waals surface area contributed by atoms with E-state index in [9.17, 15) is 18.0 Å². The summed E-state index contributed by atoms with van der Waals surface area (Å²) in [6.45, 7) is 1.10. The van der Waals surface area contributed by atoms with Crippen molar-refractivity contribution >= 4 is 21.8 Å². The number of nitrogens with zero attached hydrogens (tertiary/aromatic N) is 1. The number of hydrogen-bond donors (Lipinski definition) is 2. The molecule has 3 aromatic rings. The van der Waals surface area contributed by atoms with Gasteiger partial charge in [-0.1, -0.05) is 30.3 Å². The van der Waals surface area contributed by atoms with Crippen LogP contribution in [0, 0.1) is 0 Å². The second kappa shape index (κ2) is 10.2. The van der Waals surface area contributed by atoms with E-state index in [0.29, 0.717) is 0 Å². The van der Waals surface area contributed by atoms with Crippen LogP contribution in [0.3, 0.4) is 0 Å². The molecule has 0 radical (unpaired) electrons. The minimum absolute atomic E-state index is 0.0184. The highest BCUT2D eigenvalue weighted by Crippen LogP contribution is 2.21. The third-order valence-corrected chi connectivity index (χ3v) is 6.11. The minimum atomic E-state index is -3.81. The molecule has 8 heteroatoms. The third-order valence-electron chi connectivity index (χ3n) is 4.32. The summed E-state index contributed by atoms with van der Waals surface area (Å²) in [4.78, 5) is 21.3. The van der Waals surface area contributed by atoms with Crippen LogP contribution in [0.15, 0.2) is 88.7 Å². The molecule has 0 aliphatic carbocycles. The highest BCUT2D eigenvalue weighted by Gasteiger charge is 2.18. The quantitative estimate of drug-likeness (QED) is 0.546. The molecule has 0 saturated heterocycles. The first-order valence-electron chi connectivity index (χ1n) is 9.66. The molecule has 32 heavy (non-hydrogen) atoms. The van der Waals surface area contributed by atoms with Crippen LogP contribution in [0.2, 0.25) is 0 Å². The van der Waals surface area contributed by atoms with Crippen LogP contribution in [0.4, 0.5) is 0 Å². The number of benzene rings is 3. The number of carboxylic acid groups (broad SMARTS) is 2. The molecule has 0 atom stereocenters. The number of quaternary nitrogens is 1. The van der Waals surface area contributed by atoms with E-state index in [1.165, 1.54) is 54.1 Å². The van der Waals surface area contributed by atoms with Crippen molar-refractivity contribution < 1.29 is 32.7 Å². The first-order valence-corrected chi connectivity index (χ1v) is 11.1. The van der Waals surface area contributed by atoms with Gasteiger partial charge in [0.1, 0.15) is 6.54 Å². The summed E-state index contributed by atoms with van der Waals surface area (Å²) in [5.74, 6) is -2.30. The van der Waals surface area contributed by atoms with Gasteiger partial charge in [-0.25, -0.2) is 18.0 Å². The zero-order valence-corrected chi connectivity index (χ0v) is 18.9. The SMILES string of the molecule is C[N+](C)(C)Cc1ccccc1.O=C(O)c1ccc(S(=O)(=O)c2ccc(C(=O)O)cc2)cc1. The fourth-order valence-electron chi connectivity index (χ4n) is 2.82. The maximum atomic E-state index is 12.3. The zero-order chi connectivity index (χ0) is 23.9. The molecule has 0 fully saturated rings. The molecule has 0 spiro atoms. The number of carboxylic acids is 2. The highest BCUT2D eigenvalue weighted by molar-refractivity contribution is 7.91. The minimum Gasteiger partial charge on any atom is -0.478 e. The molecule has 0 amide bonds. The van der Waals surface area contributed by atoms with Crippen molar-refractivity contribution in [1.82, 2.24) is 0 Å². The Hall–Kier alpha value is -3.49. The Labute approximate surface area is 187 Å². The number of carbonyl (C=O) groups is 2. The lowest BCUT2D eigenvalue weighted by Crippen LogP contribution is -2.33. The zero-order valence-electron chi connectivity index (χ0n) is 18.1. The molecule has 3 aromatic carbocycles. The Balaban J connectivity index is 0.000000278. The van der Waals surface area contributed by atoms with Gasteiger partial charge in [-0.3, -0.25) is 0 Å². The lowest BCUT2D eigenvalue weighted by molar-refractivity contribution is -0.884. The van der Waals surface area contributed by atoms with E-state index in [1.807, 2.05) is 0 Å². The van der Waals surface area contributed by atoms with Crippen LogP contribution < -0.4 is 0 Å². The normalized spacial score (nSPS) is 11.2. The summed E-state index contributed by atoms with van der Waals surface area (Å²) in [7, 11) is 2.79. The maximum Gasteiger partial charge on any atom is 0.335 e. The van der Waals surface area contributed by atoms with Crippen molar-refractivity contribution in [2.24, 2.45) is 0 Å². The molecule has 3 rings (SSSR count). The van der Waals surface area contributed by atoms with Crippen molar-refractivity contribution in [2.75, 3.05) is 21.1 Å².